The van der Waals surface area contributed by atoms with Crippen LogP contribution in [0.2, 0.25) is 0 Å². The number of hydrogen-bond donors (Lipinski definition) is 1. The first-order valence-corrected chi connectivity index (χ1v) is 4.53. The van der Waals surface area contributed by atoms with Crippen LogP contribution in [0.4, 0.5) is 0 Å². The van der Waals surface area contributed by atoms with E-state index in [0.29, 0.717) is 0 Å². The van der Waals surface area contributed by atoms with Crippen molar-refractivity contribution in [3.8, 4) is 0 Å². The number of benzene rings is 1. The molecule has 0 aliphatic carbocycles. The highest BCUT2D eigenvalue weighted by Crippen LogP contribution is 2.24. The molecular formula is C12H17O. The Kier molecular flexibility index (Phi) is 2.77. The van der Waals surface area contributed by atoms with E-state index in [1.807, 2.05) is 19.1 Å². The second-order valence-corrected chi connectivity index (χ2v) is 4.51. The van der Waals surface area contributed by atoms with Gasteiger partial charge in [-0.2, -0.15) is 0 Å². The van der Waals surface area contributed by atoms with Crippen molar-refractivity contribution in [2.24, 2.45) is 0 Å². The second-order valence-electron chi connectivity index (χ2n) is 4.51. The van der Waals surface area contributed by atoms with Gasteiger partial charge in [-0.1, -0.05) is 44.5 Å². The Morgan fingerprint density at radius 1 is 1.15 bits per heavy atom. The van der Waals surface area contributed by atoms with Gasteiger partial charge < -0.3 is 5.11 Å². The molecule has 1 aromatic rings. The minimum Gasteiger partial charge on any atom is -0.385 e. The Labute approximate surface area is 80.4 Å². The van der Waals surface area contributed by atoms with E-state index in [9.17, 15) is 0 Å². The minimum atomic E-state index is 0.143. The van der Waals surface area contributed by atoms with Crippen LogP contribution in [-0.2, 0) is 5.41 Å². The van der Waals surface area contributed by atoms with Crippen molar-refractivity contribution in [1.82, 2.24) is 0 Å². The van der Waals surface area contributed by atoms with E-state index in [-0.39, 0.29) is 5.41 Å². The van der Waals surface area contributed by atoms with Crippen LogP contribution in [0.3, 0.4) is 0 Å². The fourth-order valence-electron chi connectivity index (χ4n) is 1.32. The summed E-state index contributed by atoms with van der Waals surface area (Å²) in [5.41, 5.74) is 3.47. The molecule has 0 heterocycles. The smallest absolute Gasteiger partial charge is 0.109 e. The minimum absolute atomic E-state index is 0.143. The van der Waals surface area contributed by atoms with E-state index >= 15 is 0 Å². The lowest BCUT2D eigenvalue weighted by atomic mass is 9.85. The number of aryl methyl sites for hydroxylation is 1. The van der Waals surface area contributed by atoms with Crippen LogP contribution in [0, 0.1) is 13.5 Å². The first-order chi connectivity index (χ1) is 5.93. The normalized spacial score (nSPS) is 11.8. The van der Waals surface area contributed by atoms with Gasteiger partial charge in [-0.05, 0) is 23.5 Å². The summed E-state index contributed by atoms with van der Waals surface area (Å²) >= 11 is 0. The fourth-order valence-corrected chi connectivity index (χ4v) is 1.32. The Hall–Kier alpha value is -0.820. The molecule has 1 nitrogen and oxygen atoms in total. The molecule has 1 heteroatoms. The lowest BCUT2D eigenvalue weighted by Crippen LogP contribution is -2.11. The second kappa shape index (κ2) is 3.51. The quantitative estimate of drug-likeness (QED) is 0.698. The lowest BCUT2D eigenvalue weighted by Gasteiger charge is -2.20. The largest absolute Gasteiger partial charge is 0.385 e. The molecule has 0 unspecified atom stereocenters. The van der Waals surface area contributed by atoms with E-state index in [1.165, 1.54) is 11.1 Å². The van der Waals surface area contributed by atoms with Crippen LogP contribution in [-0.4, -0.2) is 5.11 Å². The molecule has 1 rings (SSSR count). The van der Waals surface area contributed by atoms with Crippen LogP contribution in [0.5, 0.6) is 0 Å². The highest BCUT2D eigenvalue weighted by atomic mass is 16.3. The maximum Gasteiger partial charge on any atom is 0.109 e. The van der Waals surface area contributed by atoms with Gasteiger partial charge in [-0.3, -0.25) is 0 Å². The maximum atomic E-state index is 8.93. The van der Waals surface area contributed by atoms with E-state index in [2.05, 4.69) is 26.8 Å². The van der Waals surface area contributed by atoms with Gasteiger partial charge in [0, 0.05) is 0 Å². The average Bonchev–Trinajstić information content (AvgIpc) is 2.01. The predicted octanol–water partition coefficient (Wildman–Crippen LogP) is 3.17. The Bertz CT molecular complexity index is 294. The maximum absolute atomic E-state index is 8.93. The number of hydrogen-bond acceptors (Lipinski definition) is 1. The monoisotopic (exact) mass is 177 g/mol. The van der Waals surface area contributed by atoms with Crippen LogP contribution in [0.25, 0.3) is 0 Å². The molecule has 0 spiro atoms. The van der Waals surface area contributed by atoms with E-state index in [4.69, 9.17) is 5.11 Å². The van der Waals surface area contributed by atoms with Gasteiger partial charge >= 0.3 is 0 Å². The zero-order valence-corrected chi connectivity index (χ0v) is 8.76. The number of aliphatic hydroxyl groups excluding tert-OH is 1. The van der Waals surface area contributed by atoms with Crippen molar-refractivity contribution in [1.29, 1.82) is 0 Å². The molecule has 0 aromatic heterocycles. The molecule has 0 fully saturated rings. The topological polar surface area (TPSA) is 20.2 Å². The van der Waals surface area contributed by atoms with Crippen molar-refractivity contribution in [2.75, 3.05) is 0 Å². The summed E-state index contributed by atoms with van der Waals surface area (Å²) in [6, 6.07) is 6.15. The van der Waals surface area contributed by atoms with Gasteiger partial charge in [0.05, 0.1) is 0 Å². The molecule has 0 saturated carbocycles. The Balaban J connectivity index is 3.16. The third-order valence-electron chi connectivity index (χ3n) is 2.11. The predicted molar refractivity (Wildman–Crippen MR) is 55.2 cm³/mol. The third kappa shape index (κ3) is 2.56. The third-order valence-corrected chi connectivity index (χ3v) is 2.11. The molecule has 0 bridgehead atoms. The van der Waals surface area contributed by atoms with Crippen LogP contribution >= 0.6 is 0 Å². The van der Waals surface area contributed by atoms with Gasteiger partial charge in [0.25, 0.3) is 0 Å². The highest BCUT2D eigenvalue weighted by Gasteiger charge is 2.14. The molecule has 1 aromatic carbocycles. The molecule has 0 aliphatic heterocycles. The van der Waals surface area contributed by atoms with Gasteiger partial charge in [0.15, 0.2) is 0 Å². The molecule has 1 N–H and O–H groups in total. The zero-order chi connectivity index (χ0) is 10.1. The fraction of sp³-hybridized carbons (Fsp3) is 0.417. The van der Waals surface area contributed by atoms with Crippen LogP contribution in [0.1, 0.15) is 37.5 Å². The average molecular weight is 177 g/mol. The SMILES string of the molecule is Cc1cc([CH]O)cc(C(C)(C)C)c1. The standard InChI is InChI=1S/C12H17O/c1-9-5-10(8-13)7-11(6-9)12(2,3)4/h5-8,13H,1-4H3. The van der Waals surface area contributed by atoms with Crippen molar-refractivity contribution < 1.29 is 5.11 Å². The zero-order valence-electron chi connectivity index (χ0n) is 8.76. The number of rotatable bonds is 1. The first kappa shape index (κ1) is 10.3. The van der Waals surface area contributed by atoms with Crippen molar-refractivity contribution in [3.63, 3.8) is 0 Å². The van der Waals surface area contributed by atoms with Gasteiger partial charge in [0.2, 0.25) is 0 Å². The molecule has 0 amide bonds. The van der Waals surface area contributed by atoms with E-state index in [1.54, 1.807) is 0 Å². The molecule has 0 aliphatic rings. The molecule has 13 heavy (non-hydrogen) atoms. The van der Waals surface area contributed by atoms with Crippen LogP contribution < -0.4 is 0 Å². The summed E-state index contributed by atoms with van der Waals surface area (Å²) in [5.74, 6) is 0. The molecule has 0 saturated heterocycles. The molecular weight excluding hydrogens is 160 g/mol. The summed E-state index contributed by atoms with van der Waals surface area (Å²) in [6.07, 6.45) is 0. The van der Waals surface area contributed by atoms with E-state index in [0.717, 1.165) is 12.2 Å². The Morgan fingerprint density at radius 2 is 1.77 bits per heavy atom. The van der Waals surface area contributed by atoms with E-state index < -0.39 is 0 Å². The Morgan fingerprint density at radius 3 is 2.23 bits per heavy atom. The summed E-state index contributed by atoms with van der Waals surface area (Å²) in [6.45, 7) is 9.71. The van der Waals surface area contributed by atoms with Crippen molar-refractivity contribution in [3.05, 3.63) is 41.5 Å². The molecule has 71 valence electrons. The summed E-state index contributed by atoms with van der Waals surface area (Å²) in [5, 5.41) is 8.93. The van der Waals surface area contributed by atoms with Crippen LogP contribution in [0.15, 0.2) is 18.2 Å². The van der Waals surface area contributed by atoms with Gasteiger partial charge in [-0.25, -0.2) is 0 Å². The highest BCUT2D eigenvalue weighted by molar-refractivity contribution is 5.35. The summed E-state index contributed by atoms with van der Waals surface area (Å²) < 4.78 is 0. The summed E-state index contributed by atoms with van der Waals surface area (Å²) in [4.78, 5) is 0. The number of aliphatic hydroxyl groups is 1. The van der Waals surface area contributed by atoms with Gasteiger partial charge in [-0.15, -0.1) is 0 Å². The van der Waals surface area contributed by atoms with Crippen molar-refractivity contribution in [2.45, 2.75) is 33.1 Å². The lowest BCUT2D eigenvalue weighted by molar-refractivity contribution is 0.414. The van der Waals surface area contributed by atoms with Gasteiger partial charge in [0.1, 0.15) is 6.61 Å². The molecule has 0 atom stereocenters. The molecule has 1 radical (unpaired) electrons. The van der Waals surface area contributed by atoms with Crippen molar-refractivity contribution >= 4 is 0 Å². The summed E-state index contributed by atoms with van der Waals surface area (Å²) in [7, 11) is 0. The first-order valence-electron chi connectivity index (χ1n) is 4.53.